The summed E-state index contributed by atoms with van der Waals surface area (Å²) in [5.41, 5.74) is 0.321. The summed E-state index contributed by atoms with van der Waals surface area (Å²) in [6, 6.07) is 4.78. The van der Waals surface area contributed by atoms with E-state index < -0.39 is 6.10 Å². The van der Waals surface area contributed by atoms with Crippen molar-refractivity contribution >= 4 is 15.9 Å². The lowest BCUT2D eigenvalue weighted by atomic mass is 9.85. The van der Waals surface area contributed by atoms with Crippen LogP contribution in [-0.4, -0.2) is 11.2 Å². The molecule has 0 aliphatic rings. The topological polar surface area (TPSA) is 20.2 Å². The molecule has 3 heteroatoms. The quantitative estimate of drug-likeness (QED) is 0.875. The van der Waals surface area contributed by atoms with Gasteiger partial charge in [0.1, 0.15) is 5.82 Å². The second-order valence-corrected chi connectivity index (χ2v) is 5.74. The van der Waals surface area contributed by atoms with Crippen molar-refractivity contribution in [1.29, 1.82) is 0 Å². The van der Waals surface area contributed by atoms with Gasteiger partial charge in [0.2, 0.25) is 0 Å². The molecule has 1 aromatic rings. The largest absolute Gasteiger partial charge is 0.392 e. The van der Waals surface area contributed by atoms with Crippen LogP contribution in [0.2, 0.25) is 0 Å². The Hall–Kier alpha value is -0.410. The van der Waals surface area contributed by atoms with Gasteiger partial charge in [-0.25, -0.2) is 4.39 Å². The van der Waals surface area contributed by atoms with Crippen LogP contribution in [0.1, 0.15) is 26.3 Å². The van der Waals surface area contributed by atoms with Crippen molar-refractivity contribution in [3.8, 4) is 0 Å². The molecule has 0 amide bonds. The summed E-state index contributed by atoms with van der Waals surface area (Å²) in [7, 11) is 0. The molecule has 0 aliphatic carbocycles. The van der Waals surface area contributed by atoms with Gasteiger partial charge in [-0.05, 0) is 29.2 Å². The summed E-state index contributed by atoms with van der Waals surface area (Å²) in [6.07, 6.45) is -0.198. The first-order chi connectivity index (χ1) is 6.80. The fourth-order valence-electron chi connectivity index (χ4n) is 1.21. The van der Waals surface area contributed by atoms with E-state index in [9.17, 15) is 9.50 Å². The average molecular weight is 275 g/mol. The maximum absolute atomic E-state index is 13.4. The molecule has 0 spiro atoms. The highest BCUT2D eigenvalue weighted by Gasteiger charge is 2.23. The van der Waals surface area contributed by atoms with E-state index in [1.54, 1.807) is 12.1 Å². The minimum atomic E-state index is -0.540. The Labute approximate surface area is 98.4 Å². The summed E-state index contributed by atoms with van der Waals surface area (Å²) >= 11 is 3.29. The van der Waals surface area contributed by atoms with Gasteiger partial charge in [-0.3, -0.25) is 0 Å². The van der Waals surface area contributed by atoms with Crippen molar-refractivity contribution in [1.82, 2.24) is 0 Å². The van der Waals surface area contributed by atoms with Crippen LogP contribution in [-0.2, 0) is 6.42 Å². The Kier molecular flexibility index (Phi) is 3.90. The third-order valence-corrected chi connectivity index (χ3v) is 2.91. The highest BCUT2D eigenvalue weighted by atomic mass is 79.9. The van der Waals surface area contributed by atoms with Gasteiger partial charge in [0, 0.05) is 10.9 Å². The van der Waals surface area contributed by atoms with E-state index in [4.69, 9.17) is 0 Å². The summed E-state index contributed by atoms with van der Waals surface area (Å²) in [5.74, 6) is -0.262. The number of aliphatic hydroxyl groups is 1. The Morgan fingerprint density at radius 1 is 1.40 bits per heavy atom. The summed E-state index contributed by atoms with van der Waals surface area (Å²) in [5, 5.41) is 9.87. The fourth-order valence-corrected chi connectivity index (χ4v) is 1.62. The van der Waals surface area contributed by atoms with Gasteiger partial charge >= 0.3 is 0 Å². The Morgan fingerprint density at radius 3 is 2.53 bits per heavy atom. The normalized spacial score (nSPS) is 14.0. The molecule has 84 valence electrons. The molecule has 15 heavy (non-hydrogen) atoms. The van der Waals surface area contributed by atoms with Gasteiger partial charge in [-0.1, -0.05) is 36.7 Å². The third-order valence-electron chi connectivity index (χ3n) is 2.42. The van der Waals surface area contributed by atoms with Crippen molar-refractivity contribution < 1.29 is 9.50 Å². The molecule has 0 fully saturated rings. The lowest BCUT2D eigenvalue weighted by Crippen LogP contribution is -2.28. The number of hydrogen-bond acceptors (Lipinski definition) is 1. The first-order valence-corrected chi connectivity index (χ1v) is 5.72. The van der Waals surface area contributed by atoms with Crippen LogP contribution in [0, 0.1) is 11.2 Å². The van der Waals surface area contributed by atoms with E-state index in [0.29, 0.717) is 12.0 Å². The van der Waals surface area contributed by atoms with Crippen LogP contribution in [0.5, 0.6) is 0 Å². The molecule has 0 heterocycles. The number of aliphatic hydroxyl groups excluding tert-OH is 1. The first kappa shape index (κ1) is 12.7. The fraction of sp³-hybridized carbons (Fsp3) is 0.500. The van der Waals surface area contributed by atoms with E-state index in [-0.39, 0.29) is 11.2 Å². The molecule has 1 atom stereocenters. The number of halogens is 2. The predicted octanol–water partition coefficient (Wildman–Crippen LogP) is 3.54. The SMILES string of the molecule is CC(C)(C)C(O)Cc1cc(Br)ccc1F. The van der Waals surface area contributed by atoms with Gasteiger partial charge in [-0.15, -0.1) is 0 Å². The monoisotopic (exact) mass is 274 g/mol. The molecule has 0 saturated carbocycles. The minimum absolute atomic E-state index is 0.227. The van der Waals surface area contributed by atoms with Gasteiger partial charge < -0.3 is 5.11 Å². The zero-order chi connectivity index (χ0) is 11.6. The lowest BCUT2D eigenvalue weighted by Gasteiger charge is -2.26. The van der Waals surface area contributed by atoms with E-state index in [1.165, 1.54) is 6.07 Å². The second kappa shape index (κ2) is 4.62. The summed E-state index contributed by atoms with van der Waals surface area (Å²) in [6.45, 7) is 5.81. The van der Waals surface area contributed by atoms with Crippen LogP contribution in [0.4, 0.5) is 4.39 Å². The highest BCUT2D eigenvalue weighted by Crippen LogP contribution is 2.24. The van der Waals surface area contributed by atoms with E-state index in [1.807, 2.05) is 20.8 Å². The summed E-state index contributed by atoms with van der Waals surface area (Å²) < 4.78 is 14.2. The van der Waals surface area contributed by atoms with Crippen LogP contribution < -0.4 is 0 Å². The third kappa shape index (κ3) is 3.58. The molecule has 1 N–H and O–H groups in total. The van der Waals surface area contributed by atoms with Crippen LogP contribution >= 0.6 is 15.9 Å². The maximum atomic E-state index is 13.4. The zero-order valence-corrected chi connectivity index (χ0v) is 10.8. The molecule has 0 saturated heterocycles. The Balaban J connectivity index is 2.85. The molecule has 0 radical (unpaired) electrons. The maximum Gasteiger partial charge on any atom is 0.126 e. The summed E-state index contributed by atoms with van der Waals surface area (Å²) in [4.78, 5) is 0. The molecule has 1 rings (SSSR count). The molecule has 1 unspecified atom stereocenters. The lowest BCUT2D eigenvalue weighted by molar-refractivity contribution is 0.0628. The molecule has 0 aliphatic heterocycles. The predicted molar refractivity (Wildman–Crippen MR) is 63.3 cm³/mol. The van der Waals surface area contributed by atoms with Crippen LogP contribution in [0.3, 0.4) is 0 Å². The number of rotatable bonds is 2. The van der Waals surface area contributed by atoms with Gasteiger partial charge in [0.05, 0.1) is 6.10 Å². The average Bonchev–Trinajstić information content (AvgIpc) is 2.09. The highest BCUT2D eigenvalue weighted by molar-refractivity contribution is 9.10. The van der Waals surface area contributed by atoms with Crippen LogP contribution in [0.25, 0.3) is 0 Å². The van der Waals surface area contributed by atoms with Crippen molar-refractivity contribution in [3.05, 3.63) is 34.1 Å². The van der Waals surface area contributed by atoms with Gasteiger partial charge in [0.25, 0.3) is 0 Å². The standard InChI is InChI=1S/C12H16BrFO/c1-12(2,3)11(15)7-8-6-9(13)4-5-10(8)14/h4-6,11,15H,7H2,1-3H3. The molecular formula is C12H16BrFO. The molecule has 0 bridgehead atoms. The van der Waals surface area contributed by atoms with Crippen molar-refractivity contribution in [2.45, 2.75) is 33.3 Å². The second-order valence-electron chi connectivity index (χ2n) is 4.82. The van der Waals surface area contributed by atoms with E-state index >= 15 is 0 Å². The van der Waals surface area contributed by atoms with E-state index in [2.05, 4.69) is 15.9 Å². The number of benzene rings is 1. The number of hydrogen-bond donors (Lipinski definition) is 1. The Morgan fingerprint density at radius 2 is 2.00 bits per heavy atom. The molecular weight excluding hydrogens is 259 g/mol. The Bertz CT molecular complexity index is 344. The minimum Gasteiger partial charge on any atom is -0.392 e. The van der Waals surface area contributed by atoms with Crippen molar-refractivity contribution in [3.63, 3.8) is 0 Å². The van der Waals surface area contributed by atoms with Gasteiger partial charge in [0.15, 0.2) is 0 Å². The van der Waals surface area contributed by atoms with Crippen molar-refractivity contribution in [2.24, 2.45) is 5.41 Å². The van der Waals surface area contributed by atoms with Crippen molar-refractivity contribution in [2.75, 3.05) is 0 Å². The molecule has 1 aromatic carbocycles. The smallest absolute Gasteiger partial charge is 0.126 e. The van der Waals surface area contributed by atoms with E-state index in [0.717, 1.165) is 4.47 Å². The molecule has 0 aromatic heterocycles. The van der Waals surface area contributed by atoms with Gasteiger partial charge in [-0.2, -0.15) is 0 Å². The van der Waals surface area contributed by atoms with Crippen LogP contribution in [0.15, 0.2) is 22.7 Å². The zero-order valence-electron chi connectivity index (χ0n) is 9.22. The molecule has 1 nitrogen and oxygen atoms in total. The first-order valence-electron chi connectivity index (χ1n) is 4.92.